The molecule has 0 aliphatic carbocycles. The first kappa shape index (κ1) is 19.5. The first-order chi connectivity index (χ1) is 12.1. The number of nitrogens with zero attached hydrogens (tertiary/aromatic N) is 1. The molecule has 26 heavy (non-hydrogen) atoms. The van der Waals surface area contributed by atoms with Crippen LogP contribution in [0.15, 0.2) is 58.6 Å². The molecule has 8 heteroatoms. The largest absolute Gasteiger partial charge is 0.426 e. The highest BCUT2D eigenvalue weighted by atomic mass is 32.2. The second-order valence-electron chi connectivity index (χ2n) is 6.55. The number of esters is 1. The molecule has 7 nitrogen and oxygen atoms in total. The van der Waals surface area contributed by atoms with Gasteiger partial charge < -0.3 is 9.94 Å². The van der Waals surface area contributed by atoms with E-state index in [-0.39, 0.29) is 16.3 Å². The molecule has 0 aliphatic heterocycles. The van der Waals surface area contributed by atoms with Crippen molar-refractivity contribution >= 4 is 27.9 Å². The SMILES string of the molecule is CC(C)(C)C(=O)Oc1ccc(S(=O)(=O)Nc2ccccc2/C=N/O)cc1. The van der Waals surface area contributed by atoms with Gasteiger partial charge in [-0.05, 0) is 51.1 Å². The lowest BCUT2D eigenvalue weighted by atomic mass is 9.97. The van der Waals surface area contributed by atoms with Crippen LogP contribution in [0.5, 0.6) is 5.75 Å². The molecule has 2 N–H and O–H groups in total. The highest BCUT2D eigenvalue weighted by Crippen LogP contribution is 2.23. The Morgan fingerprint density at radius 2 is 1.73 bits per heavy atom. The number of sulfonamides is 1. The molecule has 138 valence electrons. The Balaban J connectivity index is 2.21. The summed E-state index contributed by atoms with van der Waals surface area (Å²) in [4.78, 5) is 11.9. The van der Waals surface area contributed by atoms with E-state index in [4.69, 9.17) is 9.94 Å². The van der Waals surface area contributed by atoms with E-state index in [9.17, 15) is 13.2 Å². The molecule has 0 unspecified atom stereocenters. The maximum absolute atomic E-state index is 12.5. The zero-order valence-electron chi connectivity index (χ0n) is 14.6. The van der Waals surface area contributed by atoms with E-state index < -0.39 is 21.4 Å². The fraction of sp³-hybridized carbons (Fsp3) is 0.222. The van der Waals surface area contributed by atoms with Gasteiger partial charge in [-0.25, -0.2) is 8.42 Å². The zero-order valence-corrected chi connectivity index (χ0v) is 15.4. The summed E-state index contributed by atoms with van der Waals surface area (Å²) < 4.78 is 32.7. The number of oxime groups is 1. The predicted molar refractivity (Wildman–Crippen MR) is 98.2 cm³/mol. The molecule has 2 aromatic rings. The van der Waals surface area contributed by atoms with Crippen LogP contribution < -0.4 is 9.46 Å². The van der Waals surface area contributed by atoms with E-state index in [0.29, 0.717) is 5.56 Å². The van der Waals surface area contributed by atoms with Crippen molar-refractivity contribution < 1.29 is 23.2 Å². The zero-order chi connectivity index (χ0) is 19.4. The van der Waals surface area contributed by atoms with Crippen LogP contribution in [0.25, 0.3) is 0 Å². The van der Waals surface area contributed by atoms with Crippen molar-refractivity contribution in [2.24, 2.45) is 10.6 Å². The standard InChI is InChI=1S/C18H20N2O5S/c1-18(2,3)17(21)25-14-8-10-15(11-9-14)26(23,24)20-16-7-5-4-6-13(16)12-19-22/h4-12,20,22H,1-3H3/b19-12+. The summed E-state index contributed by atoms with van der Waals surface area (Å²) in [5, 5.41) is 11.6. The van der Waals surface area contributed by atoms with Gasteiger partial charge in [0.05, 0.1) is 22.2 Å². The Kier molecular flexibility index (Phi) is 5.66. The number of rotatable bonds is 5. The van der Waals surface area contributed by atoms with Crippen LogP contribution in [-0.4, -0.2) is 25.8 Å². The summed E-state index contributed by atoms with van der Waals surface area (Å²) in [5.41, 5.74) is 0.0208. The number of anilines is 1. The van der Waals surface area contributed by atoms with Crippen molar-refractivity contribution in [3.63, 3.8) is 0 Å². The summed E-state index contributed by atoms with van der Waals surface area (Å²) in [5.74, 6) is -0.153. The molecule has 0 spiro atoms. The lowest BCUT2D eigenvalue weighted by Crippen LogP contribution is -2.25. The van der Waals surface area contributed by atoms with Crippen molar-refractivity contribution in [2.75, 3.05) is 4.72 Å². The summed E-state index contributed by atoms with van der Waals surface area (Å²) >= 11 is 0. The monoisotopic (exact) mass is 376 g/mol. The van der Waals surface area contributed by atoms with Gasteiger partial charge in [-0.1, -0.05) is 23.4 Å². The molecule has 0 heterocycles. The van der Waals surface area contributed by atoms with E-state index in [1.165, 1.54) is 24.3 Å². The summed E-state index contributed by atoms with van der Waals surface area (Å²) in [6.45, 7) is 5.18. The van der Waals surface area contributed by atoms with Crippen LogP contribution in [-0.2, 0) is 14.8 Å². The first-order valence-electron chi connectivity index (χ1n) is 7.75. The number of carbonyl (C=O) groups is 1. The lowest BCUT2D eigenvalue weighted by Gasteiger charge is -2.16. The second-order valence-corrected chi connectivity index (χ2v) is 8.23. The van der Waals surface area contributed by atoms with Gasteiger partial charge >= 0.3 is 5.97 Å². The van der Waals surface area contributed by atoms with Crippen molar-refractivity contribution in [3.8, 4) is 5.75 Å². The van der Waals surface area contributed by atoms with E-state index in [1.54, 1.807) is 45.0 Å². The van der Waals surface area contributed by atoms with E-state index in [2.05, 4.69) is 9.88 Å². The van der Waals surface area contributed by atoms with Crippen molar-refractivity contribution in [3.05, 3.63) is 54.1 Å². The van der Waals surface area contributed by atoms with E-state index >= 15 is 0 Å². The molecule has 0 saturated heterocycles. The number of benzene rings is 2. The van der Waals surface area contributed by atoms with Gasteiger partial charge in [-0.15, -0.1) is 0 Å². The second kappa shape index (κ2) is 7.57. The van der Waals surface area contributed by atoms with Crippen molar-refractivity contribution in [2.45, 2.75) is 25.7 Å². The summed E-state index contributed by atoms with van der Waals surface area (Å²) in [7, 11) is -3.86. The van der Waals surface area contributed by atoms with Crippen LogP contribution in [0.1, 0.15) is 26.3 Å². The Bertz CT molecular complexity index is 913. The van der Waals surface area contributed by atoms with Crippen LogP contribution >= 0.6 is 0 Å². The van der Waals surface area contributed by atoms with Crippen molar-refractivity contribution in [1.82, 2.24) is 0 Å². The molecule has 0 fully saturated rings. The minimum atomic E-state index is -3.86. The minimum absolute atomic E-state index is 0.00352. The molecule has 0 radical (unpaired) electrons. The number of nitrogens with one attached hydrogen (secondary N) is 1. The summed E-state index contributed by atoms with van der Waals surface area (Å²) in [6.07, 6.45) is 1.13. The van der Waals surface area contributed by atoms with Crippen molar-refractivity contribution in [1.29, 1.82) is 0 Å². The van der Waals surface area contributed by atoms with Gasteiger partial charge in [0.25, 0.3) is 10.0 Å². The molecular weight excluding hydrogens is 356 g/mol. The maximum atomic E-state index is 12.5. The van der Waals surface area contributed by atoms with Gasteiger partial charge in [0.2, 0.25) is 0 Å². The fourth-order valence-corrected chi connectivity index (χ4v) is 3.00. The fourth-order valence-electron chi connectivity index (χ4n) is 1.92. The van der Waals surface area contributed by atoms with Gasteiger partial charge in [-0.3, -0.25) is 9.52 Å². The first-order valence-corrected chi connectivity index (χ1v) is 9.23. The maximum Gasteiger partial charge on any atom is 0.316 e. The van der Waals surface area contributed by atoms with Crippen LogP contribution in [0.2, 0.25) is 0 Å². The smallest absolute Gasteiger partial charge is 0.316 e. The lowest BCUT2D eigenvalue weighted by molar-refractivity contribution is -0.143. The molecule has 0 amide bonds. The molecule has 0 bridgehead atoms. The number of ether oxygens (including phenoxy) is 1. The Labute approximate surface area is 152 Å². The number of para-hydroxylation sites is 1. The summed E-state index contributed by atoms with van der Waals surface area (Å²) in [6, 6.07) is 12.0. The molecule has 0 aromatic heterocycles. The van der Waals surface area contributed by atoms with Crippen LogP contribution in [0.4, 0.5) is 5.69 Å². The topological polar surface area (TPSA) is 105 Å². The predicted octanol–water partition coefficient (Wildman–Crippen LogP) is 3.25. The highest BCUT2D eigenvalue weighted by molar-refractivity contribution is 7.92. The molecule has 0 aliphatic rings. The Morgan fingerprint density at radius 1 is 1.12 bits per heavy atom. The average Bonchev–Trinajstić information content (AvgIpc) is 2.56. The molecule has 2 rings (SSSR count). The normalized spacial score (nSPS) is 12.1. The third-order valence-corrected chi connectivity index (χ3v) is 4.74. The van der Waals surface area contributed by atoms with Gasteiger partial charge in [0, 0.05) is 5.56 Å². The minimum Gasteiger partial charge on any atom is -0.426 e. The highest BCUT2D eigenvalue weighted by Gasteiger charge is 2.24. The van der Waals surface area contributed by atoms with Gasteiger partial charge in [0.15, 0.2) is 0 Å². The quantitative estimate of drug-likeness (QED) is 0.274. The Morgan fingerprint density at radius 3 is 2.31 bits per heavy atom. The van der Waals surface area contributed by atoms with Crippen LogP contribution in [0, 0.1) is 5.41 Å². The number of hydrogen-bond acceptors (Lipinski definition) is 6. The Hall–Kier alpha value is -2.87. The van der Waals surface area contributed by atoms with Gasteiger partial charge in [-0.2, -0.15) is 0 Å². The van der Waals surface area contributed by atoms with E-state index in [1.807, 2.05) is 0 Å². The molecular formula is C18H20N2O5S. The number of hydrogen-bond donors (Lipinski definition) is 2. The van der Waals surface area contributed by atoms with E-state index in [0.717, 1.165) is 6.21 Å². The average molecular weight is 376 g/mol. The van der Waals surface area contributed by atoms with Crippen LogP contribution in [0.3, 0.4) is 0 Å². The van der Waals surface area contributed by atoms with Gasteiger partial charge in [0.1, 0.15) is 5.75 Å². The third-order valence-electron chi connectivity index (χ3n) is 3.36. The molecule has 0 saturated carbocycles. The molecule has 2 aromatic carbocycles. The number of carbonyl (C=O) groups excluding carboxylic acids is 1. The third kappa shape index (κ3) is 4.82. The molecule has 0 atom stereocenters.